The highest BCUT2D eigenvalue weighted by Gasteiger charge is 2.28. The van der Waals surface area contributed by atoms with Crippen LogP contribution in [-0.4, -0.2) is 23.4 Å². The maximum Gasteiger partial charge on any atom is 0.222 e. The van der Waals surface area contributed by atoms with Crippen molar-refractivity contribution in [2.45, 2.75) is 57.4 Å². The monoisotopic (exact) mass is 333 g/mol. The van der Waals surface area contributed by atoms with Crippen molar-refractivity contribution < 1.29 is 4.79 Å². The van der Waals surface area contributed by atoms with Gasteiger partial charge in [-0.15, -0.1) is 0 Å². The predicted molar refractivity (Wildman–Crippen MR) is 103 cm³/mol. The van der Waals surface area contributed by atoms with E-state index >= 15 is 0 Å². The number of carbonyl (C=O) groups is 1. The number of hydrogen-bond acceptors (Lipinski definition) is 1. The predicted octanol–water partition coefficient (Wildman–Crippen LogP) is 5.20. The lowest BCUT2D eigenvalue weighted by atomic mass is 9.94. The highest BCUT2D eigenvalue weighted by atomic mass is 16.2. The summed E-state index contributed by atoms with van der Waals surface area (Å²) in [6, 6.07) is 17.9. The molecule has 2 heteroatoms. The molecule has 0 unspecified atom stereocenters. The molecule has 3 aliphatic rings. The van der Waals surface area contributed by atoms with Gasteiger partial charge in [0.05, 0.1) is 0 Å². The van der Waals surface area contributed by atoms with Crippen LogP contribution in [0.15, 0.2) is 48.5 Å². The first-order valence-electron chi connectivity index (χ1n) is 9.78. The first kappa shape index (κ1) is 16.4. The molecular formula is C23H27NO. The van der Waals surface area contributed by atoms with Crippen LogP contribution in [0.2, 0.25) is 0 Å². The topological polar surface area (TPSA) is 20.3 Å². The summed E-state index contributed by atoms with van der Waals surface area (Å²) in [4.78, 5) is 13.5. The second-order valence-electron chi connectivity index (χ2n) is 7.47. The Bertz CT molecular complexity index is 702. The van der Waals surface area contributed by atoms with Gasteiger partial charge in [-0.3, -0.25) is 4.79 Å². The number of carbonyl (C=O) groups excluding carboxylic acids is 1. The maximum absolute atomic E-state index is 11.4. The molecule has 2 fully saturated rings. The van der Waals surface area contributed by atoms with Crippen LogP contribution in [0.3, 0.4) is 0 Å². The molecule has 0 aromatic heterocycles. The van der Waals surface area contributed by atoms with Crippen LogP contribution < -0.4 is 0 Å². The lowest BCUT2D eigenvalue weighted by Crippen LogP contribution is -2.37. The highest BCUT2D eigenvalue weighted by molar-refractivity contribution is 5.78. The van der Waals surface area contributed by atoms with E-state index in [9.17, 15) is 4.79 Å². The van der Waals surface area contributed by atoms with Gasteiger partial charge in [-0.2, -0.15) is 0 Å². The maximum atomic E-state index is 11.4. The van der Waals surface area contributed by atoms with Crippen molar-refractivity contribution in [2.24, 2.45) is 0 Å². The third-order valence-corrected chi connectivity index (χ3v) is 5.83. The van der Waals surface area contributed by atoms with Gasteiger partial charge in [0.25, 0.3) is 0 Å². The third kappa shape index (κ3) is 3.49. The zero-order valence-electron chi connectivity index (χ0n) is 14.9. The summed E-state index contributed by atoms with van der Waals surface area (Å²) in [6.45, 7) is 1.03. The molecule has 0 bridgehead atoms. The van der Waals surface area contributed by atoms with Crippen LogP contribution in [0.4, 0.5) is 0 Å². The van der Waals surface area contributed by atoms with Crippen molar-refractivity contribution in [3.05, 3.63) is 59.7 Å². The summed E-state index contributed by atoms with van der Waals surface area (Å²) in [5.74, 6) is 0.405. The van der Waals surface area contributed by atoms with Gasteiger partial charge in [0, 0.05) is 19.0 Å². The quantitative estimate of drug-likeness (QED) is 0.599. The summed E-state index contributed by atoms with van der Waals surface area (Å²) in [7, 11) is 0. The van der Waals surface area contributed by atoms with E-state index in [2.05, 4.69) is 53.4 Å². The molecule has 2 aromatic carbocycles. The fraction of sp³-hybridized carbons (Fsp3) is 0.435. The van der Waals surface area contributed by atoms with E-state index in [1.165, 1.54) is 54.4 Å². The van der Waals surface area contributed by atoms with E-state index in [0.29, 0.717) is 11.9 Å². The number of amides is 1. The second kappa shape index (κ2) is 7.43. The molecule has 0 N–H and O–H groups in total. The minimum Gasteiger partial charge on any atom is -0.340 e. The fourth-order valence-corrected chi connectivity index (χ4v) is 4.53. The van der Waals surface area contributed by atoms with Crippen LogP contribution in [0, 0.1) is 0 Å². The van der Waals surface area contributed by atoms with Gasteiger partial charge in [-0.05, 0) is 47.9 Å². The Morgan fingerprint density at radius 3 is 1.92 bits per heavy atom. The SMILES string of the molecule is O=C1CCCN1C1CCCCC1.c1ccc2c(c1)Cc1ccccc1-2. The molecule has 2 nitrogen and oxygen atoms in total. The van der Waals surface area contributed by atoms with E-state index in [1.54, 1.807) is 0 Å². The lowest BCUT2D eigenvalue weighted by Gasteiger charge is -2.30. The highest BCUT2D eigenvalue weighted by Crippen LogP contribution is 2.35. The van der Waals surface area contributed by atoms with Gasteiger partial charge in [0.2, 0.25) is 5.91 Å². The summed E-state index contributed by atoms with van der Waals surface area (Å²) in [5, 5.41) is 0. The summed E-state index contributed by atoms with van der Waals surface area (Å²) in [5.41, 5.74) is 5.75. The fourth-order valence-electron chi connectivity index (χ4n) is 4.53. The molecule has 1 heterocycles. The summed E-state index contributed by atoms with van der Waals surface area (Å²) >= 11 is 0. The normalized spacial score (nSPS) is 19.2. The van der Waals surface area contributed by atoms with Gasteiger partial charge in [-0.25, -0.2) is 0 Å². The van der Waals surface area contributed by atoms with Crippen molar-refractivity contribution >= 4 is 5.91 Å². The minimum atomic E-state index is 0.405. The van der Waals surface area contributed by atoms with Crippen LogP contribution >= 0.6 is 0 Å². The van der Waals surface area contributed by atoms with Crippen molar-refractivity contribution in [3.8, 4) is 11.1 Å². The van der Waals surface area contributed by atoms with Gasteiger partial charge < -0.3 is 4.90 Å². The molecule has 1 aliphatic heterocycles. The van der Waals surface area contributed by atoms with E-state index in [1.807, 2.05) is 0 Å². The molecule has 130 valence electrons. The first-order chi connectivity index (χ1) is 12.3. The van der Waals surface area contributed by atoms with Gasteiger partial charge in [0.15, 0.2) is 0 Å². The third-order valence-electron chi connectivity index (χ3n) is 5.83. The van der Waals surface area contributed by atoms with Gasteiger partial charge in [0.1, 0.15) is 0 Å². The lowest BCUT2D eigenvalue weighted by molar-refractivity contribution is -0.130. The molecule has 25 heavy (non-hydrogen) atoms. The molecule has 1 amide bonds. The summed E-state index contributed by atoms with van der Waals surface area (Å²) in [6.07, 6.45) is 9.54. The number of nitrogens with zero attached hydrogens (tertiary/aromatic N) is 1. The van der Waals surface area contributed by atoms with Gasteiger partial charge >= 0.3 is 0 Å². The zero-order valence-corrected chi connectivity index (χ0v) is 14.9. The van der Waals surface area contributed by atoms with E-state index in [4.69, 9.17) is 0 Å². The Morgan fingerprint density at radius 1 is 0.760 bits per heavy atom. The summed E-state index contributed by atoms with van der Waals surface area (Å²) < 4.78 is 0. The van der Waals surface area contributed by atoms with E-state index in [0.717, 1.165) is 25.8 Å². The Hall–Kier alpha value is -2.09. The Kier molecular flexibility index (Phi) is 4.87. The van der Waals surface area contributed by atoms with Gasteiger partial charge in [-0.1, -0.05) is 67.8 Å². The van der Waals surface area contributed by atoms with E-state index in [-0.39, 0.29) is 0 Å². The van der Waals surface area contributed by atoms with Crippen LogP contribution in [0.5, 0.6) is 0 Å². The molecule has 0 spiro atoms. The molecule has 0 radical (unpaired) electrons. The average Bonchev–Trinajstić information content (AvgIpc) is 3.26. The number of likely N-dealkylation sites (tertiary alicyclic amines) is 1. The molecule has 1 saturated heterocycles. The largest absolute Gasteiger partial charge is 0.340 e. The van der Waals surface area contributed by atoms with Crippen molar-refractivity contribution in [3.63, 3.8) is 0 Å². The second-order valence-corrected chi connectivity index (χ2v) is 7.47. The smallest absolute Gasteiger partial charge is 0.222 e. The number of rotatable bonds is 1. The Morgan fingerprint density at radius 2 is 1.36 bits per heavy atom. The Balaban J connectivity index is 0.000000126. The molecule has 0 atom stereocenters. The minimum absolute atomic E-state index is 0.405. The molecule has 2 aliphatic carbocycles. The first-order valence-corrected chi connectivity index (χ1v) is 9.78. The molecule has 5 rings (SSSR count). The van der Waals surface area contributed by atoms with Crippen molar-refractivity contribution in [2.75, 3.05) is 6.54 Å². The zero-order chi connectivity index (χ0) is 17.1. The van der Waals surface area contributed by atoms with Crippen LogP contribution in [-0.2, 0) is 11.2 Å². The molecule has 1 saturated carbocycles. The Labute approximate surface area is 150 Å². The van der Waals surface area contributed by atoms with Crippen LogP contribution in [0.25, 0.3) is 11.1 Å². The standard InChI is InChI=1S/C13H10.C10H17NO/c1-3-7-12-10(5-1)9-11-6-2-4-8-13(11)12;12-10-7-4-8-11(10)9-5-2-1-3-6-9/h1-8H,9H2;9H,1-8H2. The number of fused-ring (bicyclic) bond motifs is 3. The number of benzene rings is 2. The van der Waals surface area contributed by atoms with E-state index < -0.39 is 0 Å². The van der Waals surface area contributed by atoms with Crippen LogP contribution in [0.1, 0.15) is 56.1 Å². The van der Waals surface area contributed by atoms with Crippen molar-refractivity contribution in [1.29, 1.82) is 0 Å². The number of hydrogen-bond donors (Lipinski definition) is 0. The van der Waals surface area contributed by atoms with Crippen molar-refractivity contribution in [1.82, 2.24) is 4.90 Å². The molecular weight excluding hydrogens is 306 g/mol. The average molecular weight is 333 g/mol. The molecule has 2 aromatic rings.